The van der Waals surface area contributed by atoms with Gasteiger partial charge in [0.1, 0.15) is 11.1 Å². The Morgan fingerprint density at radius 1 is 1.58 bits per heavy atom. The zero-order valence-corrected chi connectivity index (χ0v) is 11.6. The van der Waals surface area contributed by atoms with Crippen molar-refractivity contribution in [1.29, 1.82) is 5.26 Å². The van der Waals surface area contributed by atoms with E-state index in [0.717, 1.165) is 24.8 Å². The summed E-state index contributed by atoms with van der Waals surface area (Å²) in [5.41, 5.74) is 1.76. The first-order valence-corrected chi connectivity index (χ1v) is 7.45. The maximum absolute atomic E-state index is 11.9. The van der Waals surface area contributed by atoms with Crippen LogP contribution < -0.4 is 5.32 Å². The average Bonchev–Trinajstić information content (AvgIpc) is 3.00. The zero-order chi connectivity index (χ0) is 13.6. The predicted octanol–water partition coefficient (Wildman–Crippen LogP) is 2.06. The molecule has 1 aromatic heterocycles. The van der Waals surface area contributed by atoms with Crippen LogP contribution in [0.5, 0.6) is 0 Å². The van der Waals surface area contributed by atoms with E-state index in [1.165, 1.54) is 16.2 Å². The molecular weight excluding hydrogens is 260 g/mol. The van der Waals surface area contributed by atoms with Crippen molar-refractivity contribution in [3.63, 3.8) is 0 Å². The minimum Gasteiger partial charge on any atom is -0.392 e. The van der Waals surface area contributed by atoms with Crippen LogP contribution in [0.1, 0.15) is 35.8 Å². The minimum atomic E-state index is -0.500. The van der Waals surface area contributed by atoms with Gasteiger partial charge in [0.05, 0.1) is 17.6 Å². The standard InChI is InChI=1S/C14H16N2O2S/c1-7-2-3-8-10(6-15)14(19-12(8)4-7)16-13(18)9-5-11(9)17/h7,9,11,17H,2-5H2,1H3,(H,16,18)/t7-,9-,11-/m1/s1. The summed E-state index contributed by atoms with van der Waals surface area (Å²) in [7, 11) is 0. The van der Waals surface area contributed by atoms with Gasteiger partial charge in [0, 0.05) is 4.88 Å². The summed E-state index contributed by atoms with van der Waals surface area (Å²) in [6, 6.07) is 2.23. The number of thiophene rings is 1. The molecule has 1 saturated carbocycles. The number of amides is 1. The first kappa shape index (κ1) is 12.6. The van der Waals surface area contributed by atoms with Crippen LogP contribution in [0.4, 0.5) is 5.00 Å². The maximum Gasteiger partial charge on any atom is 0.230 e. The second-order valence-corrected chi connectivity index (χ2v) is 6.67. The van der Waals surface area contributed by atoms with Gasteiger partial charge < -0.3 is 10.4 Å². The quantitative estimate of drug-likeness (QED) is 0.868. The van der Waals surface area contributed by atoms with Crippen LogP contribution in [0.15, 0.2) is 0 Å². The van der Waals surface area contributed by atoms with Gasteiger partial charge in [-0.2, -0.15) is 5.26 Å². The molecule has 2 aliphatic rings. The number of hydrogen-bond donors (Lipinski definition) is 2. The molecule has 3 rings (SSSR count). The molecule has 0 radical (unpaired) electrons. The topological polar surface area (TPSA) is 73.1 Å². The second kappa shape index (κ2) is 4.62. The highest BCUT2D eigenvalue weighted by Crippen LogP contribution is 2.40. The number of fused-ring (bicyclic) bond motifs is 1. The fourth-order valence-corrected chi connectivity index (χ4v) is 3.99. The van der Waals surface area contributed by atoms with Gasteiger partial charge in [-0.25, -0.2) is 0 Å². The lowest BCUT2D eigenvalue weighted by Gasteiger charge is -2.17. The van der Waals surface area contributed by atoms with Crippen molar-refractivity contribution >= 4 is 22.2 Å². The number of aliphatic hydroxyl groups excluding tert-OH is 1. The molecule has 0 aliphatic heterocycles. The summed E-state index contributed by atoms with van der Waals surface area (Å²) in [5.74, 6) is 0.201. The highest BCUT2D eigenvalue weighted by molar-refractivity contribution is 7.16. The molecule has 0 saturated heterocycles. The zero-order valence-electron chi connectivity index (χ0n) is 10.8. The highest BCUT2D eigenvalue weighted by Gasteiger charge is 2.42. The van der Waals surface area contributed by atoms with Gasteiger partial charge in [0.2, 0.25) is 5.91 Å². The fourth-order valence-electron chi connectivity index (χ4n) is 2.63. The number of hydrogen-bond acceptors (Lipinski definition) is 4. The van der Waals surface area contributed by atoms with Gasteiger partial charge >= 0.3 is 0 Å². The smallest absolute Gasteiger partial charge is 0.230 e. The Bertz CT molecular complexity index is 573. The van der Waals surface area contributed by atoms with Gasteiger partial charge in [-0.15, -0.1) is 11.3 Å². The number of anilines is 1. The fraction of sp³-hybridized carbons (Fsp3) is 0.571. The van der Waals surface area contributed by atoms with E-state index in [0.29, 0.717) is 22.9 Å². The van der Waals surface area contributed by atoms with Crippen LogP contribution >= 0.6 is 11.3 Å². The maximum atomic E-state index is 11.9. The Hall–Kier alpha value is -1.38. The van der Waals surface area contributed by atoms with Crippen molar-refractivity contribution in [1.82, 2.24) is 0 Å². The Balaban J connectivity index is 1.85. The van der Waals surface area contributed by atoms with Crippen molar-refractivity contribution in [2.24, 2.45) is 11.8 Å². The molecule has 0 bridgehead atoms. The van der Waals surface area contributed by atoms with Crippen molar-refractivity contribution in [3.05, 3.63) is 16.0 Å². The van der Waals surface area contributed by atoms with Gasteiger partial charge in [0.15, 0.2) is 0 Å². The van der Waals surface area contributed by atoms with E-state index in [2.05, 4.69) is 18.3 Å². The molecule has 1 amide bonds. The largest absolute Gasteiger partial charge is 0.392 e. The van der Waals surface area contributed by atoms with E-state index >= 15 is 0 Å². The van der Waals surface area contributed by atoms with E-state index < -0.39 is 6.10 Å². The number of carbonyl (C=O) groups is 1. The first-order valence-electron chi connectivity index (χ1n) is 6.63. The molecular formula is C14H16N2O2S. The summed E-state index contributed by atoms with van der Waals surface area (Å²) in [4.78, 5) is 13.1. The molecule has 4 nitrogen and oxygen atoms in total. The molecule has 1 heterocycles. The second-order valence-electron chi connectivity index (χ2n) is 5.57. The monoisotopic (exact) mass is 276 g/mol. The average molecular weight is 276 g/mol. The number of carbonyl (C=O) groups excluding carboxylic acids is 1. The highest BCUT2D eigenvalue weighted by atomic mass is 32.1. The summed E-state index contributed by atoms with van der Waals surface area (Å²) in [6.07, 6.45) is 3.07. The van der Waals surface area contributed by atoms with E-state index in [4.69, 9.17) is 0 Å². The molecule has 100 valence electrons. The lowest BCUT2D eigenvalue weighted by molar-refractivity contribution is -0.117. The lowest BCUT2D eigenvalue weighted by atomic mass is 9.88. The van der Waals surface area contributed by atoms with Gasteiger partial charge in [0.25, 0.3) is 0 Å². The number of rotatable bonds is 2. The summed E-state index contributed by atoms with van der Waals surface area (Å²) < 4.78 is 0. The number of nitrogens with one attached hydrogen (secondary N) is 1. The van der Waals surface area contributed by atoms with E-state index in [-0.39, 0.29) is 11.8 Å². The lowest BCUT2D eigenvalue weighted by Crippen LogP contribution is -2.15. The van der Waals surface area contributed by atoms with Crippen molar-refractivity contribution < 1.29 is 9.90 Å². The molecule has 3 atom stereocenters. The molecule has 0 aromatic carbocycles. The first-order chi connectivity index (χ1) is 9.10. The third kappa shape index (κ3) is 2.26. The van der Waals surface area contributed by atoms with Gasteiger partial charge in [-0.05, 0) is 37.2 Å². The predicted molar refractivity (Wildman–Crippen MR) is 73.0 cm³/mol. The molecule has 2 N–H and O–H groups in total. The number of aliphatic hydroxyl groups is 1. The summed E-state index contributed by atoms with van der Waals surface area (Å²) in [5, 5.41) is 22.1. The van der Waals surface area contributed by atoms with E-state index in [1.54, 1.807) is 0 Å². The van der Waals surface area contributed by atoms with Crippen LogP contribution in [0.3, 0.4) is 0 Å². The van der Waals surface area contributed by atoms with Gasteiger partial charge in [-0.3, -0.25) is 4.79 Å². The molecule has 1 aromatic rings. The molecule has 2 aliphatic carbocycles. The Labute approximate surface area is 116 Å². The van der Waals surface area contributed by atoms with Gasteiger partial charge in [-0.1, -0.05) is 6.92 Å². The van der Waals surface area contributed by atoms with E-state index in [1.807, 2.05) is 0 Å². The molecule has 19 heavy (non-hydrogen) atoms. The Morgan fingerprint density at radius 3 is 2.95 bits per heavy atom. The van der Waals surface area contributed by atoms with Crippen LogP contribution in [0.2, 0.25) is 0 Å². The van der Waals surface area contributed by atoms with E-state index in [9.17, 15) is 15.2 Å². The third-order valence-electron chi connectivity index (χ3n) is 3.95. The van der Waals surface area contributed by atoms with Crippen LogP contribution in [-0.4, -0.2) is 17.1 Å². The summed E-state index contributed by atoms with van der Waals surface area (Å²) in [6.45, 7) is 2.22. The number of nitriles is 1. The summed E-state index contributed by atoms with van der Waals surface area (Å²) >= 11 is 1.53. The molecule has 1 fully saturated rings. The van der Waals surface area contributed by atoms with Crippen LogP contribution in [0.25, 0.3) is 0 Å². The Kier molecular flexibility index (Phi) is 3.08. The SMILES string of the molecule is C[C@@H]1CCc2c(sc(NC(=O)[C@@H]3C[C@H]3O)c2C#N)C1. The minimum absolute atomic E-state index is 0.157. The normalized spacial score (nSPS) is 28.4. The number of nitrogens with zero attached hydrogens (tertiary/aromatic N) is 1. The van der Waals surface area contributed by atoms with Crippen LogP contribution in [-0.2, 0) is 17.6 Å². The molecule has 0 unspecified atom stereocenters. The van der Waals surface area contributed by atoms with Crippen molar-refractivity contribution in [2.75, 3.05) is 5.32 Å². The van der Waals surface area contributed by atoms with Crippen molar-refractivity contribution in [3.8, 4) is 6.07 Å². The Morgan fingerprint density at radius 2 is 2.32 bits per heavy atom. The van der Waals surface area contributed by atoms with Crippen molar-refractivity contribution in [2.45, 2.75) is 38.7 Å². The van der Waals surface area contributed by atoms with Crippen LogP contribution in [0, 0.1) is 23.2 Å². The molecule has 5 heteroatoms. The molecule has 0 spiro atoms. The third-order valence-corrected chi connectivity index (χ3v) is 5.12.